The lowest BCUT2D eigenvalue weighted by atomic mass is 10.1. The molecule has 0 saturated carbocycles. The molecular formula is C17H26O6. The fourth-order valence-electron chi connectivity index (χ4n) is 0.956. The van der Waals surface area contributed by atoms with Crippen LogP contribution in [0, 0.1) is 0 Å². The van der Waals surface area contributed by atoms with Gasteiger partial charge in [0.1, 0.15) is 5.60 Å². The Bertz CT molecular complexity index is 506. The summed E-state index contributed by atoms with van der Waals surface area (Å²) in [6, 6.07) is 0. The first-order chi connectivity index (χ1) is 10.3. The summed E-state index contributed by atoms with van der Waals surface area (Å²) < 4.78 is 9.35. The van der Waals surface area contributed by atoms with Gasteiger partial charge >= 0.3 is 17.9 Å². The monoisotopic (exact) mass is 326 g/mol. The fourth-order valence-corrected chi connectivity index (χ4v) is 0.956. The number of rotatable bonds is 5. The van der Waals surface area contributed by atoms with Gasteiger partial charge in [-0.15, -0.1) is 0 Å². The Morgan fingerprint density at radius 3 is 1.83 bits per heavy atom. The molecule has 23 heavy (non-hydrogen) atoms. The second-order valence-corrected chi connectivity index (χ2v) is 5.77. The standard InChI is InChI=1S/C9H12O4.C8H14O2/c1-6(8(10)11)4-5-7(2)9(12)13-3;1-6(2)7(9)10-8(3,4)5/h4H,2,5H2,1,3H3,(H,10,11);1H2,2-5H3. The highest BCUT2D eigenvalue weighted by Gasteiger charge is 2.15. The maximum atomic E-state index is 10.8. The van der Waals surface area contributed by atoms with E-state index >= 15 is 0 Å². The molecule has 6 nitrogen and oxygen atoms in total. The first-order valence-corrected chi connectivity index (χ1v) is 6.86. The maximum absolute atomic E-state index is 10.8. The van der Waals surface area contributed by atoms with Crippen LogP contribution in [0.2, 0.25) is 0 Å². The summed E-state index contributed by atoms with van der Waals surface area (Å²) in [6.07, 6.45) is 1.62. The number of carbonyl (C=O) groups excluding carboxylic acids is 2. The second kappa shape index (κ2) is 10.4. The molecule has 0 rings (SSSR count). The van der Waals surface area contributed by atoms with Crippen molar-refractivity contribution in [3.63, 3.8) is 0 Å². The summed E-state index contributed by atoms with van der Waals surface area (Å²) in [5.74, 6) is -1.85. The molecule has 0 aromatic rings. The van der Waals surface area contributed by atoms with Crippen LogP contribution in [0.15, 0.2) is 36.0 Å². The molecule has 1 N–H and O–H groups in total. The van der Waals surface area contributed by atoms with Crippen LogP contribution in [-0.2, 0) is 23.9 Å². The minimum Gasteiger partial charge on any atom is -0.478 e. The van der Waals surface area contributed by atoms with Crippen LogP contribution in [0.25, 0.3) is 0 Å². The van der Waals surface area contributed by atoms with Crippen molar-refractivity contribution in [1.82, 2.24) is 0 Å². The number of methoxy groups -OCH3 is 1. The lowest BCUT2D eigenvalue weighted by Gasteiger charge is -2.19. The van der Waals surface area contributed by atoms with Gasteiger partial charge in [-0.3, -0.25) is 0 Å². The number of ether oxygens (including phenoxy) is 2. The van der Waals surface area contributed by atoms with Gasteiger partial charge in [-0.05, 0) is 41.0 Å². The van der Waals surface area contributed by atoms with E-state index in [9.17, 15) is 14.4 Å². The smallest absolute Gasteiger partial charge is 0.333 e. The van der Waals surface area contributed by atoms with Crippen molar-refractivity contribution in [1.29, 1.82) is 0 Å². The van der Waals surface area contributed by atoms with Gasteiger partial charge < -0.3 is 14.6 Å². The van der Waals surface area contributed by atoms with E-state index in [2.05, 4.69) is 17.9 Å². The minimum absolute atomic E-state index is 0.185. The van der Waals surface area contributed by atoms with Crippen molar-refractivity contribution in [2.45, 2.75) is 46.6 Å². The third-order valence-corrected chi connectivity index (χ3v) is 2.21. The van der Waals surface area contributed by atoms with Gasteiger partial charge in [0.2, 0.25) is 0 Å². The molecule has 0 aliphatic heterocycles. The van der Waals surface area contributed by atoms with Crippen LogP contribution < -0.4 is 0 Å². The van der Waals surface area contributed by atoms with Crippen LogP contribution in [0.5, 0.6) is 0 Å². The second-order valence-electron chi connectivity index (χ2n) is 5.77. The quantitative estimate of drug-likeness (QED) is 0.617. The summed E-state index contributed by atoms with van der Waals surface area (Å²) in [7, 11) is 1.25. The topological polar surface area (TPSA) is 89.9 Å². The Kier molecular flexibility index (Phi) is 10.3. The van der Waals surface area contributed by atoms with Gasteiger partial charge in [-0.25, -0.2) is 14.4 Å². The van der Waals surface area contributed by atoms with E-state index in [0.29, 0.717) is 5.57 Å². The largest absolute Gasteiger partial charge is 0.478 e. The molecule has 6 heteroatoms. The molecule has 0 aliphatic carbocycles. The minimum atomic E-state index is -1.00. The molecule has 0 spiro atoms. The van der Waals surface area contributed by atoms with E-state index < -0.39 is 17.5 Å². The average Bonchev–Trinajstić information content (AvgIpc) is 2.41. The fraction of sp³-hybridized carbons (Fsp3) is 0.471. The van der Waals surface area contributed by atoms with Gasteiger partial charge in [0, 0.05) is 16.7 Å². The summed E-state index contributed by atoms with van der Waals surface area (Å²) >= 11 is 0. The van der Waals surface area contributed by atoms with Crippen molar-refractivity contribution in [3.05, 3.63) is 36.0 Å². The number of hydrogen-bond acceptors (Lipinski definition) is 5. The molecule has 0 saturated heterocycles. The zero-order valence-corrected chi connectivity index (χ0v) is 14.7. The third kappa shape index (κ3) is 13.0. The molecule has 0 amide bonds. The van der Waals surface area contributed by atoms with Crippen molar-refractivity contribution in [2.24, 2.45) is 0 Å². The summed E-state index contributed by atoms with van der Waals surface area (Å²) in [6.45, 7) is 15.5. The van der Waals surface area contributed by atoms with Crippen molar-refractivity contribution in [3.8, 4) is 0 Å². The number of hydrogen-bond donors (Lipinski definition) is 1. The first-order valence-electron chi connectivity index (χ1n) is 6.86. The lowest BCUT2D eigenvalue weighted by molar-refractivity contribution is -0.149. The highest BCUT2D eigenvalue weighted by atomic mass is 16.6. The van der Waals surface area contributed by atoms with E-state index in [1.54, 1.807) is 6.92 Å². The van der Waals surface area contributed by atoms with E-state index in [4.69, 9.17) is 9.84 Å². The van der Waals surface area contributed by atoms with Crippen LogP contribution >= 0.6 is 0 Å². The molecule has 0 bridgehead atoms. The van der Waals surface area contributed by atoms with E-state index in [-0.39, 0.29) is 23.5 Å². The molecule has 0 atom stereocenters. The predicted octanol–water partition coefficient (Wildman–Crippen LogP) is 3.04. The van der Waals surface area contributed by atoms with Crippen LogP contribution in [0.1, 0.15) is 41.0 Å². The van der Waals surface area contributed by atoms with Gasteiger partial charge in [0.15, 0.2) is 0 Å². The number of esters is 2. The van der Waals surface area contributed by atoms with Crippen molar-refractivity contribution >= 4 is 17.9 Å². The zero-order chi connectivity index (χ0) is 18.8. The Labute approximate surface area is 137 Å². The van der Waals surface area contributed by atoms with Crippen LogP contribution in [-0.4, -0.2) is 35.7 Å². The molecule has 0 unspecified atom stereocenters. The highest BCUT2D eigenvalue weighted by molar-refractivity contribution is 5.89. The van der Waals surface area contributed by atoms with Gasteiger partial charge in [0.25, 0.3) is 0 Å². The first kappa shape index (κ1) is 22.9. The van der Waals surface area contributed by atoms with E-state index in [1.165, 1.54) is 20.1 Å². The van der Waals surface area contributed by atoms with E-state index in [0.717, 1.165) is 0 Å². The number of carboxylic acid groups (broad SMARTS) is 1. The van der Waals surface area contributed by atoms with E-state index in [1.807, 2.05) is 20.8 Å². The summed E-state index contributed by atoms with van der Waals surface area (Å²) in [5, 5.41) is 8.48. The summed E-state index contributed by atoms with van der Waals surface area (Å²) in [4.78, 5) is 32.0. The molecule has 0 heterocycles. The zero-order valence-electron chi connectivity index (χ0n) is 14.7. The molecule has 0 aliphatic rings. The Morgan fingerprint density at radius 2 is 1.57 bits per heavy atom. The Balaban J connectivity index is 0. The molecule has 130 valence electrons. The molecule has 0 aromatic heterocycles. The number of aliphatic carboxylic acids is 1. The SMILES string of the molecule is C=C(C)C(=O)OC(C)(C)C.C=C(CC=C(C)C(=O)O)C(=O)OC. The Morgan fingerprint density at radius 1 is 1.09 bits per heavy atom. The molecule has 0 radical (unpaired) electrons. The molecular weight excluding hydrogens is 300 g/mol. The maximum Gasteiger partial charge on any atom is 0.333 e. The van der Waals surface area contributed by atoms with Crippen LogP contribution in [0.4, 0.5) is 0 Å². The normalized spacial score (nSPS) is 10.8. The predicted molar refractivity (Wildman–Crippen MR) is 87.8 cm³/mol. The highest BCUT2D eigenvalue weighted by Crippen LogP contribution is 2.09. The van der Waals surface area contributed by atoms with Crippen LogP contribution in [0.3, 0.4) is 0 Å². The molecule has 0 fully saturated rings. The summed E-state index contributed by atoms with van der Waals surface area (Å²) in [5.41, 5.74) is 0.457. The Hall–Kier alpha value is -2.37. The lowest BCUT2D eigenvalue weighted by Crippen LogP contribution is -2.23. The third-order valence-electron chi connectivity index (χ3n) is 2.21. The number of allylic oxidation sites excluding steroid dienone is 1. The van der Waals surface area contributed by atoms with Crippen molar-refractivity contribution < 1.29 is 29.0 Å². The number of carbonyl (C=O) groups is 3. The van der Waals surface area contributed by atoms with Gasteiger partial charge in [-0.2, -0.15) is 0 Å². The van der Waals surface area contributed by atoms with Gasteiger partial charge in [0.05, 0.1) is 7.11 Å². The van der Waals surface area contributed by atoms with Gasteiger partial charge in [-0.1, -0.05) is 19.2 Å². The average molecular weight is 326 g/mol. The number of carboxylic acids is 1. The molecule has 0 aromatic carbocycles. The van der Waals surface area contributed by atoms with Crippen molar-refractivity contribution in [2.75, 3.05) is 7.11 Å².